The fourth-order valence-electron chi connectivity index (χ4n) is 3.03. The molecule has 3 heterocycles. The number of carbonyl (C=O) groups excluding carboxylic acids is 2. The molecule has 4 N–H and O–H groups in total. The summed E-state index contributed by atoms with van der Waals surface area (Å²) in [6.45, 7) is 4.32. The number of primary amides is 1. The van der Waals surface area contributed by atoms with Crippen molar-refractivity contribution in [2.45, 2.75) is 6.54 Å². The first-order valence-corrected chi connectivity index (χ1v) is 8.72. The monoisotopic (exact) mass is 369 g/mol. The molecule has 0 bridgehead atoms. The summed E-state index contributed by atoms with van der Waals surface area (Å²) in [7, 11) is 1.59. The molecule has 0 spiro atoms. The first-order valence-electron chi connectivity index (χ1n) is 8.72. The lowest BCUT2D eigenvalue weighted by Crippen LogP contribution is -2.46. The molecule has 2 aromatic heterocycles. The Morgan fingerprint density at radius 1 is 1.15 bits per heavy atom. The van der Waals surface area contributed by atoms with E-state index in [9.17, 15) is 9.59 Å². The molecule has 0 aromatic carbocycles. The Bertz CT molecular complexity index is 802. The molecule has 3 rings (SSSR count). The minimum Gasteiger partial charge on any atom is -0.368 e. The maximum Gasteiger partial charge on any atom is 0.317 e. The van der Waals surface area contributed by atoms with Crippen molar-refractivity contribution >= 4 is 23.4 Å². The van der Waals surface area contributed by atoms with Crippen LogP contribution in [-0.2, 0) is 6.54 Å². The third kappa shape index (κ3) is 4.91. The lowest BCUT2D eigenvalue weighted by Gasteiger charge is -2.36. The predicted octanol–water partition coefficient (Wildman–Crippen LogP) is 0.649. The maximum atomic E-state index is 11.6. The molecule has 3 amide bonds. The maximum absolute atomic E-state index is 11.6. The molecule has 0 atom stereocenters. The standard InChI is InChI=1S/C18H23N7O2/c1-20-17(26)15-3-2-14(11-22-15)25-8-6-24(7-9-25)12-13-4-5-21-16(10-13)23-18(19)27/h2-5,10-11H,6-9,12H2,1H3,(H,20,26)(H3,19,21,23,27). The molecule has 1 saturated heterocycles. The lowest BCUT2D eigenvalue weighted by atomic mass is 10.2. The van der Waals surface area contributed by atoms with Crippen LogP contribution in [0.2, 0.25) is 0 Å². The Hall–Kier alpha value is -3.20. The molecule has 1 aliphatic heterocycles. The third-order valence-corrected chi connectivity index (χ3v) is 4.43. The number of urea groups is 1. The zero-order valence-electron chi connectivity index (χ0n) is 15.2. The van der Waals surface area contributed by atoms with Crippen molar-refractivity contribution < 1.29 is 9.59 Å². The second kappa shape index (κ2) is 8.45. The second-order valence-corrected chi connectivity index (χ2v) is 6.28. The van der Waals surface area contributed by atoms with Gasteiger partial charge in [-0.3, -0.25) is 15.0 Å². The first-order chi connectivity index (χ1) is 13.0. The van der Waals surface area contributed by atoms with Crippen LogP contribution < -0.4 is 21.3 Å². The summed E-state index contributed by atoms with van der Waals surface area (Å²) < 4.78 is 0. The molecule has 1 fully saturated rings. The summed E-state index contributed by atoms with van der Waals surface area (Å²) in [6.07, 6.45) is 3.40. The highest BCUT2D eigenvalue weighted by Gasteiger charge is 2.18. The Balaban J connectivity index is 1.54. The van der Waals surface area contributed by atoms with Gasteiger partial charge in [-0.25, -0.2) is 14.8 Å². The van der Waals surface area contributed by atoms with Gasteiger partial charge in [-0.2, -0.15) is 0 Å². The molecule has 9 heteroatoms. The van der Waals surface area contributed by atoms with Crippen molar-refractivity contribution in [1.82, 2.24) is 20.2 Å². The zero-order chi connectivity index (χ0) is 19.2. The van der Waals surface area contributed by atoms with E-state index in [2.05, 4.69) is 30.4 Å². The van der Waals surface area contributed by atoms with Gasteiger partial charge in [0.2, 0.25) is 0 Å². The molecule has 0 unspecified atom stereocenters. The van der Waals surface area contributed by atoms with E-state index in [1.807, 2.05) is 18.2 Å². The van der Waals surface area contributed by atoms with Gasteiger partial charge in [0.1, 0.15) is 11.5 Å². The SMILES string of the molecule is CNC(=O)c1ccc(N2CCN(Cc3ccnc(NC(N)=O)c3)CC2)cn1. The Morgan fingerprint density at radius 3 is 2.56 bits per heavy atom. The van der Waals surface area contributed by atoms with Crippen molar-refractivity contribution in [3.05, 3.63) is 47.9 Å². The van der Waals surface area contributed by atoms with Gasteiger partial charge in [-0.15, -0.1) is 0 Å². The fourth-order valence-corrected chi connectivity index (χ4v) is 3.03. The molecule has 0 saturated carbocycles. The van der Waals surface area contributed by atoms with Crippen LogP contribution in [0.5, 0.6) is 0 Å². The number of hydrogen-bond donors (Lipinski definition) is 3. The van der Waals surface area contributed by atoms with Crippen LogP contribution in [0.4, 0.5) is 16.3 Å². The van der Waals surface area contributed by atoms with E-state index < -0.39 is 6.03 Å². The third-order valence-electron chi connectivity index (χ3n) is 4.43. The summed E-state index contributed by atoms with van der Waals surface area (Å²) in [5, 5.41) is 5.06. The Kier molecular flexibility index (Phi) is 5.82. The van der Waals surface area contributed by atoms with Gasteiger partial charge in [0.25, 0.3) is 5.91 Å². The van der Waals surface area contributed by atoms with Crippen LogP contribution in [0, 0.1) is 0 Å². The van der Waals surface area contributed by atoms with Gasteiger partial charge >= 0.3 is 6.03 Å². The number of piperazine rings is 1. The first kappa shape index (κ1) is 18.6. The molecule has 9 nitrogen and oxygen atoms in total. The summed E-state index contributed by atoms with van der Waals surface area (Å²) in [6, 6.07) is 6.81. The quantitative estimate of drug-likeness (QED) is 0.712. The van der Waals surface area contributed by atoms with E-state index in [1.54, 1.807) is 25.5 Å². The van der Waals surface area contributed by atoms with Gasteiger partial charge in [0.15, 0.2) is 0 Å². The lowest BCUT2D eigenvalue weighted by molar-refractivity contribution is 0.0958. The zero-order valence-corrected chi connectivity index (χ0v) is 15.2. The molecule has 0 aliphatic carbocycles. The molecular formula is C18H23N7O2. The molecule has 1 aliphatic rings. The molecule has 27 heavy (non-hydrogen) atoms. The van der Waals surface area contributed by atoms with E-state index in [1.165, 1.54) is 0 Å². The highest BCUT2D eigenvalue weighted by atomic mass is 16.2. The van der Waals surface area contributed by atoms with Crippen molar-refractivity contribution in [2.75, 3.05) is 43.4 Å². The van der Waals surface area contributed by atoms with E-state index in [4.69, 9.17) is 5.73 Å². The number of carbonyl (C=O) groups is 2. The number of nitrogens with two attached hydrogens (primary N) is 1. The van der Waals surface area contributed by atoms with Crippen LogP contribution >= 0.6 is 0 Å². The van der Waals surface area contributed by atoms with Crippen molar-refractivity contribution in [1.29, 1.82) is 0 Å². The average Bonchev–Trinajstić information content (AvgIpc) is 2.68. The molecular weight excluding hydrogens is 346 g/mol. The summed E-state index contributed by atoms with van der Waals surface area (Å²) >= 11 is 0. The highest BCUT2D eigenvalue weighted by molar-refractivity contribution is 5.92. The van der Waals surface area contributed by atoms with E-state index in [0.717, 1.165) is 44.0 Å². The van der Waals surface area contributed by atoms with Crippen molar-refractivity contribution in [3.63, 3.8) is 0 Å². The minimum absolute atomic E-state index is 0.186. The van der Waals surface area contributed by atoms with Crippen molar-refractivity contribution in [2.24, 2.45) is 5.73 Å². The van der Waals surface area contributed by atoms with Crippen LogP contribution in [-0.4, -0.2) is 60.0 Å². The Labute approximate surface area is 157 Å². The molecule has 142 valence electrons. The number of aromatic nitrogens is 2. The second-order valence-electron chi connectivity index (χ2n) is 6.28. The normalized spacial score (nSPS) is 14.6. The van der Waals surface area contributed by atoms with Crippen LogP contribution in [0.15, 0.2) is 36.7 Å². The van der Waals surface area contributed by atoms with Crippen LogP contribution in [0.1, 0.15) is 16.1 Å². The predicted molar refractivity (Wildman–Crippen MR) is 103 cm³/mol. The molecule has 0 radical (unpaired) electrons. The summed E-state index contributed by atoms with van der Waals surface area (Å²) in [5.74, 6) is 0.273. The van der Waals surface area contributed by atoms with E-state index in [0.29, 0.717) is 11.5 Å². The number of nitrogens with zero attached hydrogens (tertiary/aromatic N) is 4. The van der Waals surface area contributed by atoms with Crippen LogP contribution in [0.25, 0.3) is 0 Å². The average molecular weight is 369 g/mol. The Morgan fingerprint density at radius 2 is 1.93 bits per heavy atom. The topological polar surface area (TPSA) is 116 Å². The number of amides is 3. The summed E-state index contributed by atoms with van der Waals surface area (Å²) in [4.78, 5) is 35.4. The van der Waals surface area contributed by atoms with Gasteiger partial charge in [-0.1, -0.05) is 0 Å². The number of pyridine rings is 2. The number of anilines is 2. The van der Waals surface area contributed by atoms with Gasteiger partial charge in [-0.05, 0) is 29.8 Å². The van der Waals surface area contributed by atoms with Crippen molar-refractivity contribution in [3.8, 4) is 0 Å². The van der Waals surface area contributed by atoms with E-state index >= 15 is 0 Å². The number of nitrogens with one attached hydrogen (secondary N) is 2. The minimum atomic E-state index is -0.621. The van der Waals surface area contributed by atoms with Gasteiger partial charge < -0.3 is 16.0 Å². The largest absolute Gasteiger partial charge is 0.368 e. The fraction of sp³-hybridized carbons (Fsp3) is 0.333. The van der Waals surface area contributed by atoms with E-state index in [-0.39, 0.29) is 5.91 Å². The highest BCUT2D eigenvalue weighted by Crippen LogP contribution is 2.17. The number of hydrogen-bond acceptors (Lipinski definition) is 6. The summed E-state index contributed by atoms with van der Waals surface area (Å²) in [5.41, 5.74) is 7.63. The van der Waals surface area contributed by atoms with Crippen LogP contribution in [0.3, 0.4) is 0 Å². The number of rotatable bonds is 5. The van der Waals surface area contributed by atoms with Gasteiger partial charge in [0.05, 0.1) is 11.9 Å². The van der Waals surface area contributed by atoms with Gasteiger partial charge in [0, 0.05) is 46.0 Å². The smallest absolute Gasteiger partial charge is 0.317 e. The molecule has 2 aromatic rings.